The maximum absolute atomic E-state index is 12.5. The molecule has 0 saturated heterocycles. The molecule has 27 heavy (non-hydrogen) atoms. The lowest BCUT2D eigenvalue weighted by atomic mass is 10.2. The summed E-state index contributed by atoms with van der Waals surface area (Å²) in [5, 5.41) is 12.3. The average molecular weight is 382 g/mol. The van der Waals surface area contributed by atoms with Crippen molar-refractivity contribution in [2.24, 2.45) is 0 Å². The molecule has 3 aromatic rings. The molecule has 3 aromatic carbocycles. The Bertz CT molecular complexity index is 1060. The summed E-state index contributed by atoms with van der Waals surface area (Å²) in [5.41, 5.74) is 2.03. The van der Waals surface area contributed by atoms with Crippen LogP contribution in [0.3, 0.4) is 0 Å². The van der Waals surface area contributed by atoms with Crippen molar-refractivity contribution in [2.45, 2.75) is 11.8 Å². The number of aryl methyl sites for hydroxylation is 1. The number of phenols is 1. The van der Waals surface area contributed by atoms with Crippen LogP contribution in [-0.4, -0.2) is 19.4 Å². The third-order valence-corrected chi connectivity index (χ3v) is 5.28. The lowest BCUT2D eigenvalue weighted by Gasteiger charge is -2.10. The van der Waals surface area contributed by atoms with Crippen molar-refractivity contribution in [3.05, 3.63) is 83.9 Å². The number of amides is 1. The molecule has 0 spiro atoms. The number of hydrogen-bond acceptors (Lipinski definition) is 4. The second kappa shape index (κ2) is 7.51. The highest BCUT2D eigenvalue weighted by Gasteiger charge is 2.15. The van der Waals surface area contributed by atoms with Gasteiger partial charge in [-0.05, 0) is 55.5 Å². The van der Waals surface area contributed by atoms with Gasteiger partial charge in [0.05, 0.1) is 10.6 Å². The highest BCUT2D eigenvalue weighted by atomic mass is 32.2. The van der Waals surface area contributed by atoms with E-state index in [1.54, 1.807) is 30.3 Å². The highest BCUT2D eigenvalue weighted by Crippen LogP contribution is 2.23. The molecule has 0 atom stereocenters. The van der Waals surface area contributed by atoms with Crippen LogP contribution in [0.5, 0.6) is 5.75 Å². The van der Waals surface area contributed by atoms with Crippen molar-refractivity contribution >= 4 is 27.3 Å². The van der Waals surface area contributed by atoms with Gasteiger partial charge in [-0.3, -0.25) is 9.52 Å². The van der Waals surface area contributed by atoms with E-state index in [1.807, 2.05) is 19.1 Å². The van der Waals surface area contributed by atoms with Gasteiger partial charge in [-0.15, -0.1) is 0 Å². The van der Waals surface area contributed by atoms with E-state index in [1.165, 1.54) is 30.3 Å². The summed E-state index contributed by atoms with van der Waals surface area (Å²) >= 11 is 0. The van der Waals surface area contributed by atoms with Gasteiger partial charge >= 0.3 is 0 Å². The van der Waals surface area contributed by atoms with Gasteiger partial charge in [-0.25, -0.2) is 8.42 Å². The molecule has 3 rings (SSSR count). The Kier molecular flexibility index (Phi) is 5.14. The molecule has 0 aliphatic carbocycles. The largest absolute Gasteiger partial charge is 0.506 e. The Balaban J connectivity index is 1.75. The van der Waals surface area contributed by atoms with Crippen molar-refractivity contribution in [1.29, 1.82) is 0 Å². The Morgan fingerprint density at radius 3 is 2.15 bits per heavy atom. The van der Waals surface area contributed by atoms with E-state index in [9.17, 15) is 18.3 Å². The maximum Gasteiger partial charge on any atom is 0.261 e. The fraction of sp³-hybridized carbons (Fsp3) is 0.0500. The molecule has 138 valence electrons. The van der Waals surface area contributed by atoms with Crippen LogP contribution in [0.1, 0.15) is 15.9 Å². The minimum Gasteiger partial charge on any atom is -0.506 e. The summed E-state index contributed by atoms with van der Waals surface area (Å²) in [4.78, 5) is 12.3. The maximum atomic E-state index is 12.5. The summed E-state index contributed by atoms with van der Waals surface area (Å²) in [6.07, 6.45) is 0. The molecule has 3 N–H and O–H groups in total. The highest BCUT2D eigenvalue weighted by molar-refractivity contribution is 7.92. The van der Waals surface area contributed by atoms with Crippen LogP contribution < -0.4 is 10.0 Å². The number of sulfonamides is 1. The summed E-state index contributed by atoms with van der Waals surface area (Å²) in [6.45, 7) is 1.91. The number of phenolic OH excluding ortho intramolecular Hbond substituents is 1. The van der Waals surface area contributed by atoms with Gasteiger partial charge in [0.1, 0.15) is 5.75 Å². The second-order valence-corrected chi connectivity index (χ2v) is 7.65. The molecule has 7 heteroatoms. The molecular formula is C20H18N2O4S. The number of benzene rings is 3. The zero-order valence-corrected chi connectivity index (χ0v) is 15.3. The SMILES string of the molecule is Cc1ccc(NS(=O)(=O)c2ccc(C(=O)Nc3ccccc3O)cc2)cc1. The fourth-order valence-electron chi connectivity index (χ4n) is 2.39. The minimum absolute atomic E-state index is 0.0437. The lowest BCUT2D eigenvalue weighted by Crippen LogP contribution is -2.14. The molecule has 1 amide bonds. The van der Waals surface area contributed by atoms with E-state index >= 15 is 0 Å². The van der Waals surface area contributed by atoms with Gasteiger partial charge in [-0.1, -0.05) is 29.8 Å². The van der Waals surface area contributed by atoms with E-state index in [0.717, 1.165) is 5.56 Å². The first-order valence-electron chi connectivity index (χ1n) is 8.14. The Morgan fingerprint density at radius 2 is 1.52 bits per heavy atom. The zero-order valence-electron chi connectivity index (χ0n) is 14.5. The van der Waals surface area contributed by atoms with Crippen LogP contribution in [0.2, 0.25) is 0 Å². The zero-order chi connectivity index (χ0) is 19.4. The number of carbonyl (C=O) groups excluding carboxylic acids is 1. The van der Waals surface area contributed by atoms with Crippen molar-refractivity contribution in [3.8, 4) is 5.75 Å². The van der Waals surface area contributed by atoms with E-state index in [-0.39, 0.29) is 21.9 Å². The van der Waals surface area contributed by atoms with Gasteiger partial charge in [-0.2, -0.15) is 0 Å². The van der Waals surface area contributed by atoms with Crippen molar-refractivity contribution in [2.75, 3.05) is 10.0 Å². The van der Waals surface area contributed by atoms with Crippen molar-refractivity contribution in [1.82, 2.24) is 0 Å². The van der Waals surface area contributed by atoms with Crippen LogP contribution in [0.25, 0.3) is 0 Å². The topological polar surface area (TPSA) is 95.5 Å². The van der Waals surface area contributed by atoms with E-state index < -0.39 is 15.9 Å². The predicted octanol–water partition coefficient (Wildman–Crippen LogP) is 3.75. The second-order valence-electron chi connectivity index (χ2n) is 5.97. The summed E-state index contributed by atoms with van der Waals surface area (Å²) < 4.78 is 27.4. The number of para-hydroxylation sites is 2. The molecule has 0 unspecified atom stereocenters. The van der Waals surface area contributed by atoms with Crippen LogP contribution in [-0.2, 0) is 10.0 Å². The van der Waals surface area contributed by atoms with E-state index in [4.69, 9.17) is 0 Å². The molecule has 0 heterocycles. The van der Waals surface area contributed by atoms with Crippen LogP contribution in [0.4, 0.5) is 11.4 Å². The van der Waals surface area contributed by atoms with Crippen LogP contribution in [0.15, 0.2) is 77.7 Å². The predicted molar refractivity (Wildman–Crippen MR) is 104 cm³/mol. The normalized spacial score (nSPS) is 11.0. The third-order valence-electron chi connectivity index (χ3n) is 3.88. The smallest absolute Gasteiger partial charge is 0.261 e. The molecule has 0 saturated carbocycles. The molecule has 6 nitrogen and oxygen atoms in total. The van der Waals surface area contributed by atoms with Gasteiger partial charge in [0.2, 0.25) is 0 Å². The molecule has 0 fully saturated rings. The summed E-state index contributed by atoms with van der Waals surface area (Å²) in [7, 11) is -3.76. The Hall–Kier alpha value is -3.32. The number of rotatable bonds is 5. The quantitative estimate of drug-likeness (QED) is 0.586. The molecule has 0 bridgehead atoms. The standard InChI is InChI=1S/C20H18N2O4S/c1-14-6-10-16(11-7-14)22-27(25,26)17-12-8-15(9-13-17)20(24)21-18-4-2-3-5-19(18)23/h2-13,22-23H,1H3,(H,21,24). The van der Waals surface area contributed by atoms with E-state index in [2.05, 4.69) is 10.0 Å². The lowest BCUT2D eigenvalue weighted by molar-refractivity contribution is 0.102. The number of nitrogens with one attached hydrogen (secondary N) is 2. The number of carbonyl (C=O) groups is 1. The van der Waals surface area contributed by atoms with Gasteiger partial charge in [0.15, 0.2) is 0 Å². The van der Waals surface area contributed by atoms with Crippen LogP contribution in [0, 0.1) is 6.92 Å². The van der Waals surface area contributed by atoms with E-state index in [0.29, 0.717) is 5.69 Å². The fourth-order valence-corrected chi connectivity index (χ4v) is 3.45. The number of aromatic hydroxyl groups is 1. The first kappa shape index (κ1) is 18.5. The summed E-state index contributed by atoms with van der Waals surface area (Å²) in [6, 6.07) is 18.9. The molecule has 0 aliphatic heterocycles. The monoisotopic (exact) mass is 382 g/mol. The molecule has 0 aromatic heterocycles. The molecule has 0 aliphatic rings. The molecular weight excluding hydrogens is 364 g/mol. The van der Waals surface area contributed by atoms with Crippen molar-refractivity contribution in [3.63, 3.8) is 0 Å². The first-order valence-corrected chi connectivity index (χ1v) is 9.62. The minimum atomic E-state index is -3.76. The molecule has 0 radical (unpaired) electrons. The first-order chi connectivity index (χ1) is 12.8. The number of hydrogen-bond donors (Lipinski definition) is 3. The average Bonchev–Trinajstić information content (AvgIpc) is 2.65. The van der Waals surface area contributed by atoms with Gasteiger partial charge < -0.3 is 10.4 Å². The Morgan fingerprint density at radius 1 is 0.889 bits per heavy atom. The summed E-state index contributed by atoms with van der Waals surface area (Å²) in [5.74, 6) is -0.501. The van der Waals surface area contributed by atoms with Crippen molar-refractivity contribution < 1.29 is 18.3 Å². The van der Waals surface area contributed by atoms with Gasteiger partial charge in [0, 0.05) is 11.3 Å². The number of anilines is 2. The van der Waals surface area contributed by atoms with Gasteiger partial charge in [0.25, 0.3) is 15.9 Å². The third kappa shape index (κ3) is 4.45. The van der Waals surface area contributed by atoms with Crippen LogP contribution >= 0.6 is 0 Å². The Labute approximate surface area is 157 Å².